The van der Waals surface area contributed by atoms with Crippen LogP contribution in [0.15, 0.2) is 29.4 Å². The Morgan fingerprint density at radius 3 is 3.08 bits per heavy atom. The van der Waals surface area contributed by atoms with Crippen LogP contribution < -0.4 is 5.32 Å². The highest BCUT2D eigenvalue weighted by Gasteiger charge is 1.97. The lowest BCUT2D eigenvalue weighted by Crippen LogP contribution is -2.01. The van der Waals surface area contributed by atoms with Gasteiger partial charge in [-0.25, -0.2) is 4.98 Å². The summed E-state index contributed by atoms with van der Waals surface area (Å²) in [6, 6.07) is 2.03. The summed E-state index contributed by atoms with van der Waals surface area (Å²) >= 11 is 3.35. The van der Waals surface area contributed by atoms with Gasteiger partial charge in [-0.3, -0.25) is 0 Å². The molecule has 0 aliphatic heterocycles. The summed E-state index contributed by atoms with van der Waals surface area (Å²) in [5.41, 5.74) is 1.13. The Morgan fingerprint density at radius 1 is 1.75 bits per heavy atom. The second-order valence-electron chi connectivity index (χ2n) is 2.49. The molecule has 0 aromatic carbocycles. The average molecular weight is 227 g/mol. The van der Waals surface area contributed by atoms with Crippen LogP contribution in [0.25, 0.3) is 0 Å². The van der Waals surface area contributed by atoms with E-state index in [1.165, 1.54) is 0 Å². The summed E-state index contributed by atoms with van der Waals surface area (Å²) in [4.78, 5) is 4.21. The van der Waals surface area contributed by atoms with Crippen LogP contribution in [0.5, 0.6) is 0 Å². The number of aryl methyl sites for hydroxylation is 1. The fourth-order valence-corrected chi connectivity index (χ4v) is 1.34. The third-order valence-electron chi connectivity index (χ3n) is 1.46. The van der Waals surface area contributed by atoms with Crippen molar-refractivity contribution in [1.29, 1.82) is 0 Å². The van der Waals surface area contributed by atoms with E-state index in [0.29, 0.717) is 0 Å². The van der Waals surface area contributed by atoms with E-state index in [1.807, 2.05) is 19.1 Å². The number of hydrogen-bond donors (Lipinski definition) is 1. The third kappa shape index (κ3) is 2.34. The van der Waals surface area contributed by atoms with Crippen LogP contribution in [0.2, 0.25) is 0 Å². The molecule has 1 aromatic heterocycles. The maximum atomic E-state index is 4.21. The third-order valence-corrected chi connectivity index (χ3v) is 1.89. The molecule has 1 rings (SSSR count). The summed E-state index contributed by atoms with van der Waals surface area (Å²) in [6.45, 7) is 6.39. The van der Waals surface area contributed by atoms with Crippen molar-refractivity contribution < 1.29 is 0 Å². The largest absolute Gasteiger partial charge is 0.366 e. The van der Waals surface area contributed by atoms with Gasteiger partial charge < -0.3 is 5.32 Å². The van der Waals surface area contributed by atoms with Crippen LogP contribution in [0, 0.1) is 6.92 Å². The molecular formula is C9H11BrN2. The van der Waals surface area contributed by atoms with E-state index in [2.05, 4.69) is 32.8 Å². The minimum absolute atomic E-state index is 0.746. The molecule has 0 aliphatic rings. The van der Waals surface area contributed by atoms with Crippen LogP contribution in [0.3, 0.4) is 0 Å². The molecule has 1 aromatic rings. The smallest absolute Gasteiger partial charge is 0.129 e. The van der Waals surface area contributed by atoms with Gasteiger partial charge >= 0.3 is 0 Å². The first-order chi connectivity index (χ1) is 5.74. The number of rotatable bonds is 3. The van der Waals surface area contributed by atoms with E-state index >= 15 is 0 Å². The highest BCUT2D eigenvalue weighted by Crippen LogP contribution is 2.16. The van der Waals surface area contributed by atoms with Gasteiger partial charge in [-0.2, -0.15) is 0 Å². The predicted molar refractivity (Wildman–Crippen MR) is 55.4 cm³/mol. The molecular weight excluding hydrogens is 216 g/mol. The molecule has 1 N–H and O–H groups in total. The summed E-state index contributed by atoms with van der Waals surface area (Å²) < 4.78 is 1.00. The zero-order chi connectivity index (χ0) is 8.97. The Balaban J connectivity index is 2.78. The Kier molecular flexibility index (Phi) is 3.29. The van der Waals surface area contributed by atoms with E-state index in [-0.39, 0.29) is 0 Å². The second-order valence-corrected chi connectivity index (χ2v) is 3.40. The SMILES string of the molecule is C=CCNc1ncc(Br)cc1C. The summed E-state index contributed by atoms with van der Waals surface area (Å²) in [6.07, 6.45) is 3.58. The molecule has 64 valence electrons. The van der Waals surface area contributed by atoms with Crippen molar-refractivity contribution in [2.75, 3.05) is 11.9 Å². The summed E-state index contributed by atoms with van der Waals surface area (Å²) in [5, 5.41) is 3.14. The van der Waals surface area contributed by atoms with Gasteiger partial charge in [0.2, 0.25) is 0 Å². The number of pyridine rings is 1. The molecule has 2 nitrogen and oxygen atoms in total. The molecule has 0 unspecified atom stereocenters. The van der Waals surface area contributed by atoms with E-state index in [9.17, 15) is 0 Å². The molecule has 0 amide bonds. The van der Waals surface area contributed by atoms with Crippen LogP contribution >= 0.6 is 15.9 Å². The van der Waals surface area contributed by atoms with E-state index in [4.69, 9.17) is 0 Å². The van der Waals surface area contributed by atoms with Crippen molar-refractivity contribution in [2.24, 2.45) is 0 Å². The molecule has 1 heterocycles. The van der Waals surface area contributed by atoms with Crippen LogP contribution in [-0.2, 0) is 0 Å². The Morgan fingerprint density at radius 2 is 2.50 bits per heavy atom. The Bertz CT molecular complexity index is 284. The van der Waals surface area contributed by atoms with Crippen molar-refractivity contribution in [3.05, 3.63) is 35.0 Å². The highest BCUT2D eigenvalue weighted by atomic mass is 79.9. The lowest BCUT2D eigenvalue weighted by atomic mass is 10.3. The quantitative estimate of drug-likeness (QED) is 0.803. The monoisotopic (exact) mass is 226 g/mol. The van der Waals surface area contributed by atoms with Gasteiger partial charge in [0.05, 0.1) is 0 Å². The van der Waals surface area contributed by atoms with Gasteiger partial charge in [0.25, 0.3) is 0 Å². The molecule has 3 heteroatoms. The van der Waals surface area contributed by atoms with Crippen molar-refractivity contribution in [3.8, 4) is 0 Å². The summed E-state index contributed by atoms with van der Waals surface area (Å²) in [7, 11) is 0. The lowest BCUT2D eigenvalue weighted by Gasteiger charge is -2.05. The molecule has 0 saturated carbocycles. The molecule has 0 atom stereocenters. The Labute approximate surface area is 80.8 Å². The summed E-state index contributed by atoms with van der Waals surface area (Å²) in [5.74, 6) is 0.915. The predicted octanol–water partition coefficient (Wildman–Crippen LogP) is 2.75. The fourth-order valence-electron chi connectivity index (χ4n) is 0.894. The first-order valence-electron chi connectivity index (χ1n) is 3.71. The highest BCUT2D eigenvalue weighted by molar-refractivity contribution is 9.10. The average Bonchev–Trinajstić information content (AvgIpc) is 2.03. The fraction of sp³-hybridized carbons (Fsp3) is 0.222. The van der Waals surface area contributed by atoms with E-state index in [0.717, 1.165) is 22.4 Å². The number of hydrogen-bond acceptors (Lipinski definition) is 2. The van der Waals surface area contributed by atoms with Crippen molar-refractivity contribution in [3.63, 3.8) is 0 Å². The molecule has 0 fully saturated rings. The van der Waals surface area contributed by atoms with Crippen molar-refractivity contribution >= 4 is 21.7 Å². The van der Waals surface area contributed by atoms with Crippen molar-refractivity contribution in [1.82, 2.24) is 4.98 Å². The van der Waals surface area contributed by atoms with Gasteiger partial charge in [-0.15, -0.1) is 6.58 Å². The molecule has 0 radical (unpaired) electrons. The van der Waals surface area contributed by atoms with Crippen LogP contribution in [-0.4, -0.2) is 11.5 Å². The number of anilines is 1. The van der Waals surface area contributed by atoms with E-state index < -0.39 is 0 Å². The minimum atomic E-state index is 0.746. The second kappa shape index (κ2) is 4.26. The van der Waals surface area contributed by atoms with Crippen LogP contribution in [0.1, 0.15) is 5.56 Å². The maximum absolute atomic E-state index is 4.21. The van der Waals surface area contributed by atoms with Gasteiger partial charge in [0.1, 0.15) is 5.82 Å². The first-order valence-corrected chi connectivity index (χ1v) is 4.50. The van der Waals surface area contributed by atoms with Gasteiger partial charge in [-0.05, 0) is 34.5 Å². The number of halogens is 1. The first kappa shape index (κ1) is 9.26. The van der Waals surface area contributed by atoms with Gasteiger partial charge in [0, 0.05) is 17.2 Å². The number of nitrogens with zero attached hydrogens (tertiary/aromatic N) is 1. The number of aromatic nitrogens is 1. The van der Waals surface area contributed by atoms with Gasteiger partial charge in [0.15, 0.2) is 0 Å². The van der Waals surface area contributed by atoms with Gasteiger partial charge in [-0.1, -0.05) is 6.08 Å². The lowest BCUT2D eigenvalue weighted by molar-refractivity contribution is 1.19. The molecule has 0 bridgehead atoms. The molecule has 0 aliphatic carbocycles. The zero-order valence-electron chi connectivity index (χ0n) is 6.97. The standard InChI is InChI=1S/C9H11BrN2/c1-3-4-11-9-7(2)5-8(10)6-12-9/h3,5-6H,1,4H2,2H3,(H,11,12). The zero-order valence-corrected chi connectivity index (χ0v) is 8.56. The van der Waals surface area contributed by atoms with Crippen molar-refractivity contribution in [2.45, 2.75) is 6.92 Å². The topological polar surface area (TPSA) is 24.9 Å². The van der Waals surface area contributed by atoms with E-state index in [1.54, 1.807) is 6.20 Å². The maximum Gasteiger partial charge on any atom is 0.129 e. The van der Waals surface area contributed by atoms with Crippen LogP contribution in [0.4, 0.5) is 5.82 Å². The molecule has 0 spiro atoms. The molecule has 0 saturated heterocycles. The Hall–Kier alpha value is -0.830. The molecule has 12 heavy (non-hydrogen) atoms. The normalized spacial score (nSPS) is 9.50. The number of nitrogens with one attached hydrogen (secondary N) is 1. The minimum Gasteiger partial charge on any atom is -0.366 e.